The van der Waals surface area contributed by atoms with Crippen LogP contribution in [0.1, 0.15) is 28.3 Å². The van der Waals surface area contributed by atoms with Crippen LogP contribution in [0.3, 0.4) is 0 Å². The number of aromatic nitrogens is 1. The van der Waals surface area contributed by atoms with Crippen molar-refractivity contribution in [1.82, 2.24) is 15.2 Å². The van der Waals surface area contributed by atoms with Crippen molar-refractivity contribution in [1.29, 1.82) is 0 Å². The number of hydrogen-bond donors (Lipinski definition) is 1. The van der Waals surface area contributed by atoms with Crippen LogP contribution in [0.5, 0.6) is 0 Å². The number of amides is 1. The van der Waals surface area contributed by atoms with Crippen LogP contribution in [0.4, 0.5) is 4.39 Å². The predicted octanol–water partition coefficient (Wildman–Crippen LogP) is 3.41. The molecule has 1 aliphatic rings. The lowest BCUT2D eigenvalue weighted by molar-refractivity contribution is -0.127. The molecule has 5 nitrogen and oxygen atoms in total. The van der Waals surface area contributed by atoms with Gasteiger partial charge in [-0.25, -0.2) is 9.37 Å². The molecule has 1 aliphatic heterocycles. The lowest BCUT2D eigenvalue weighted by Crippen LogP contribution is -2.50. The maximum Gasteiger partial charge on any atom is 0.237 e. The number of rotatable bonds is 6. The molecule has 4 rings (SSSR count). The van der Waals surface area contributed by atoms with Gasteiger partial charge in [-0.05, 0) is 41.7 Å². The Bertz CT molecular complexity index is 984. The topological polar surface area (TPSA) is 58.4 Å². The lowest BCUT2D eigenvalue weighted by Gasteiger charge is -2.35. The zero-order valence-electron chi connectivity index (χ0n) is 16.4. The minimum absolute atomic E-state index is 0.00199. The fourth-order valence-electron chi connectivity index (χ4n) is 3.78. The smallest absolute Gasteiger partial charge is 0.237 e. The second-order valence-electron chi connectivity index (χ2n) is 7.41. The maximum atomic E-state index is 13.0. The number of halogens is 1. The molecular weight excluding hydrogens is 369 g/mol. The Morgan fingerprint density at radius 3 is 2.69 bits per heavy atom. The Hall–Kier alpha value is -2.99. The third kappa shape index (κ3) is 4.71. The first kappa shape index (κ1) is 19.3. The first-order chi connectivity index (χ1) is 14.1. The van der Waals surface area contributed by atoms with E-state index in [1.807, 2.05) is 19.1 Å². The molecule has 0 bridgehead atoms. The van der Waals surface area contributed by atoms with E-state index in [2.05, 4.69) is 27.3 Å². The van der Waals surface area contributed by atoms with E-state index >= 15 is 0 Å². The summed E-state index contributed by atoms with van der Waals surface area (Å²) >= 11 is 0. The average Bonchev–Trinajstić information content (AvgIpc) is 3.13. The third-order valence-corrected chi connectivity index (χ3v) is 5.30. The Labute approximate surface area is 169 Å². The van der Waals surface area contributed by atoms with E-state index in [9.17, 15) is 9.18 Å². The van der Waals surface area contributed by atoms with Gasteiger partial charge in [0.05, 0.1) is 18.8 Å². The molecule has 3 aromatic rings. The largest absolute Gasteiger partial charge is 0.445 e. The number of nitrogens with zero attached hydrogens (tertiary/aromatic N) is 2. The highest BCUT2D eigenvalue weighted by molar-refractivity contribution is 5.82. The molecule has 1 amide bonds. The summed E-state index contributed by atoms with van der Waals surface area (Å²) in [6, 6.07) is 14.3. The Morgan fingerprint density at radius 2 is 1.97 bits per heavy atom. The summed E-state index contributed by atoms with van der Waals surface area (Å²) in [5.41, 5.74) is 3.44. The van der Waals surface area contributed by atoms with Gasteiger partial charge in [-0.1, -0.05) is 36.4 Å². The molecule has 0 radical (unpaired) electrons. The molecule has 1 aromatic heterocycles. The van der Waals surface area contributed by atoms with Gasteiger partial charge < -0.3 is 9.73 Å². The summed E-state index contributed by atoms with van der Waals surface area (Å²) in [4.78, 5) is 19.3. The van der Waals surface area contributed by atoms with Crippen LogP contribution in [0.2, 0.25) is 0 Å². The van der Waals surface area contributed by atoms with Crippen LogP contribution in [0.15, 0.2) is 59.1 Å². The molecule has 1 N–H and O–H groups in total. The van der Waals surface area contributed by atoms with Crippen molar-refractivity contribution >= 4 is 5.91 Å². The van der Waals surface area contributed by atoms with Crippen molar-refractivity contribution in [2.75, 3.05) is 6.54 Å². The molecule has 29 heavy (non-hydrogen) atoms. The van der Waals surface area contributed by atoms with Crippen LogP contribution in [0, 0.1) is 12.7 Å². The number of carbonyl (C=O) groups is 1. The Balaban J connectivity index is 1.44. The molecule has 0 spiro atoms. The van der Waals surface area contributed by atoms with E-state index in [-0.39, 0.29) is 17.8 Å². The van der Waals surface area contributed by atoms with E-state index < -0.39 is 0 Å². The van der Waals surface area contributed by atoms with E-state index in [0.717, 1.165) is 11.3 Å². The number of oxazole rings is 1. The lowest BCUT2D eigenvalue weighted by atomic mass is 9.93. The van der Waals surface area contributed by atoms with Crippen molar-refractivity contribution in [2.24, 2.45) is 0 Å². The zero-order valence-corrected chi connectivity index (χ0v) is 16.4. The summed E-state index contributed by atoms with van der Waals surface area (Å²) in [7, 11) is 0. The van der Waals surface area contributed by atoms with Gasteiger partial charge >= 0.3 is 0 Å². The summed E-state index contributed by atoms with van der Waals surface area (Å²) in [5.74, 6) is 1.12. The van der Waals surface area contributed by atoms with Gasteiger partial charge in [0.1, 0.15) is 11.6 Å². The number of hydrogen-bond acceptors (Lipinski definition) is 4. The first-order valence-electron chi connectivity index (χ1n) is 9.83. The van der Waals surface area contributed by atoms with Gasteiger partial charge in [0.2, 0.25) is 5.91 Å². The normalized spacial score (nSPS) is 16.4. The number of carbonyl (C=O) groups excluding carboxylic acids is 1. The number of benzene rings is 2. The van der Waals surface area contributed by atoms with Crippen molar-refractivity contribution in [2.45, 2.75) is 38.9 Å². The summed E-state index contributed by atoms with van der Waals surface area (Å²) in [5, 5.41) is 3.05. The van der Waals surface area contributed by atoms with Gasteiger partial charge in [0, 0.05) is 20.0 Å². The molecule has 0 aliphatic carbocycles. The van der Waals surface area contributed by atoms with Gasteiger partial charge in [-0.15, -0.1) is 0 Å². The Morgan fingerprint density at radius 1 is 1.21 bits per heavy atom. The van der Waals surface area contributed by atoms with Crippen molar-refractivity contribution < 1.29 is 13.6 Å². The second-order valence-corrected chi connectivity index (χ2v) is 7.41. The molecule has 0 saturated heterocycles. The third-order valence-electron chi connectivity index (χ3n) is 5.30. The van der Waals surface area contributed by atoms with Crippen LogP contribution < -0.4 is 5.32 Å². The summed E-state index contributed by atoms with van der Waals surface area (Å²) in [6.07, 6.45) is 3.04. The van der Waals surface area contributed by atoms with Gasteiger partial charge in [-0.2, -0.15) is 0 Å². The molecule has 1 unspecified atom stereocenters. The maximum absolute atomic E-state index is 13.0. The van der Waals surface area contributed by atoms with E-state index in [1.165, 1.54) is 23.3 Å². The predicted molar refractivity (Wildman–Crippen MR) is 108 cm³/mol. The van der Waals surface area contributed by atoms with Crippen LogP contribution in [-0.4, -0.2) is 28.4 Å². The molecule has 6 heteroatoms. The highest BCUT2D eigenvalue weighted by atomic mass is 19.1. The van der Waals surface area contributed by atoms with Crippen LogP contribution in [0.25, 0.3) is 0 Å². The van der Waals surface area contributed by atoms with Crippen molar-refractivity contribution in [3.63, 3.8) is 0 Å². The number of aryl methyl sites for hydroxylation is 1. The highest BCUT2D eigenvalue weighted by Gasteiger charge is 2.31. The molecule has 1 atom stereocenters. The van der Waals surface area contributed by atoms with Gasteiger partial charge in [0.25, 0.3) is 0 Å². The number of fused-ring (bicyclic) bond motifs is 1. The van der Waals surface area contributed by atoms with E-state index in [0.29, 0.717) is 38.4 Å². The molecular formula is C23H24FN3O2. The molecule has 2 aromatic carbocycles. The number of nitrogens with one attached hydrogen (secondary N) is 1. The molecule has 0 saturated carbocycles. The molecule has 150 valence electrons. The minimum Gasteiger partial charge on any atom is -0.445 e. The van der Waals surface area contributed by atoms with E-state index in [1.54, 1.807) is 18.3 Å². The first-order valence-corrected chi connectivity index (χ1v) is 9.83. The minimum atomic E-state index is -0.275. The Kier molecular flexibility index (Phi) is 5.71. The monoisotopic (exact) mass is 393 g/mol. The average molecular weight is 393 g/mol. The van der Waals surface area contributed by atoms with Crippen molar-refractivity contribution in [3.05, 3.63) is 88.9 Å². The quantitative estimate of drug-likeness (QED) is 0.697. The molecule has 2 heterocycles. The summed E-state index contributed by atoms with van der Waals surface area (Å²) < 4.78 is 18.7. The highest BCUT2D eigenvalue weighted by Crippen LogP contribution is 2.25. The summed E-state index contributed by atoms with van der Waals surface area (Å²) in [6.45, 7) is 3.55. The SMILES string of the molecule is Cc1ncc(CN2Cc3ccccc3CC2C(=O)NCCc2ccc(F)cc2)o1. The standard InChI is InChI=1S/C23H24FN3O2/c1-16-26-13-21(29-16)15-27-14-19-5-3-2-4-18(19)12-22(27)23(28)25-11-10-17-6-8-20(24)9-7-17/h2-9,13,22H,10-12,14-15H2,1H3,(H,25,28). The van der Waals surface area contributed by atoms with Crippen molar-refractivity contribution in [3.8, 4) is 0 Å². The van der Waals surface area contributed by atoms with Crippen LogP contribution >= 0.6 is 0 Å². The zero-order chi connectivity index (χ0) is 20.2. The van der Waals surface area contributed by atoms with Gasteiger partial charge in [0.15, 0.2) is 5.89 Å². The van der Waals surface area contributed by atoms with Gasteiger partial charge in [-0.3, -0.25) is 9.69 Å². The van der Waals surface area contributed by atoms with E-state index in [4.69, 9.17) is 4.42 Å². The van der Waals surface area contributed by atoms with Crippen LogP contribution in [-0.2, 0) is 30.7 Å². The molecule has 0 fully saturated rings. The fraction of sp³-hybridized carbons (Fsp3) is 0.304. The fourth-order valence-corrected chi connectivity index (χ4v) is 3.78. The second kappa shape index (κ2) is 8.57.